The fourth-order valence-corrected chi connectivity index (χ4v) is 2.80. The van der Waals surface area contributed by atoms with E-state index in [1.807, 2.05) is 0 Å². The number of nitrogens with zero attached hydrogens (tertiary/aromatic N) is 3. The molecule has 3 aromatic rings. The Morgan fingerprint density at radius 3 is 2.54 bits per heavy atom. The number of halogens is 1. The molecule has 28 heavy (non-hydrogen) atoms. The second-order valence-corrected chi connectivity index (χ2v) is 6.43. The molecule has 1 N–H and O–H groups in total. The fraction of sp³-hybridized carbons (Fsp3) is 0.105. The van der Waals surface area contributed by atoms with Crippen molar-refractivity contribution in [1.29, 1.82) is 0 Å². The molecule has 8 nitrogen and oxygen atoms in total. The van der Waals surface area contributed by atoms with E-state index in [1.54, 1.807) is 43.3 Å². The summed E-state index contributed by atoms with van der Waals surface area (Å²) in [6.45, 7) is 1.38. The van der Waals surface area contributed by atoms with E-state index in [1.165, 1.54) is 22.9 Å². The van der Waals surface area contributed by atoms with Gasteiger partial charge in [-0.3, -0.25) is 9.59 Å². The number of aromatic nitrogens is 2. The molecule has 0 aliphatic carbocycles. The number of rotatable bonds is 6. The van der Waals surface area contributed by atoms with Crippen molar-refractivity contribution in [1.82, 2.24) is 9.78 Å². The number of hydrogen-bond acceptors (Lipinski definition) is 5. The van der Waals surface area contributed by atoms with Crippen LogP contribution in [-0.4, -0.2) is 26.4 Å². The summed E-state index contributed by atoms with van der Waals surface area (Å²) in [6.07, 6.45) is 0. The molecule has 3 rings (SSSR count). The van der Waals surface area contributed by atoms with E-state index >= 15 is 0 Å². The molecule has 0 unspecified atom stereocenters. The molecule has 1 amide bonds. The highest BCUT2D eigenvalue weighted by Crippen LogP contribution is 2.24. The van der Waals surface area contributed by atoms with Crippen molar-refractivity contribution in [3.05, 3.63) is 86.6 Å². The van der Waals surface area contributed by atoms with Crippen LogP contribution >= 0.6 is 11.6 Å². The van der Waals surface area contributed by atoms with Crippen molar-refractivity contribution in [3.8, 4) is 0 Å². The lowest BCUT2D eigenvalue weighted by Crippen LogP contribution is -2.21. The lowest BCUT2D eigenvalue weighted by atomic mass is 10.0. The Morgan fingerprint density at radius 2 is 1.89 bits per heavy atom. The molecule has 0 fully saturated rings. The molecule has 0 aliphatic heterocycles. The van der Waals surface area contributed by atoms with Gasteiger partial charge in [-0.25, -0.2) is 0 Å². The average Bonchev–Trinajstić information content (AvgIpc) is 3.04. The second kappa shape index (κ2) is 8.01. The van der Waals surface area contributed by atoms with E-state index in [0.29, 0.717) is 22.0 Å². The Labute approximate surface area is 164 Å². The molecule has 0 spiro atoms. The van der Waals surface area contributed by atoms with Crippen LogP contribution in [0.4, 0.5) is 11.5 Å². The number of carbonyl (C=O) groups is 2. The number of carbonyl (C=O) groups excluding carboxylic acids is 2. The van der Waals surface area contributed by atoms with Crippen LogP contribution in [0.3, 0.4) is 0 Å². The third kappa shape index (κ3) is 4.24. The zero-order chi connectivity index (χ0) is 20.3. The molecule has 0 saturated heterocycles. The normalized spacial score (nSPS) is 10.5. The van der Waals surface area contributed by atoms with E-state index < -0.39 is 10.8 Å². The van der Waals surface area contributed by atoms with Crippen LogP contribution in [0, 0.1) is 17.0 Å². The zero-order valence-corrected chi connectivity index (χ0v) is 15.5. The molecule has 142 valence electrons. The predicted molar refractivity (Wildman–Crippen MR) is 104 cm³/mol. The highest BCUT2D eigenvalue weighted by atomic mass is 35.5. The molecule has 9 heteroatoms. The van der Waals surface area contributed by atoms with Crippen LogP contribution in [-0.2, 0) is 11.3 Å². The summed E-state index contributed by atoms with van der Waals surface area (Å²) in [5, 5.41) is 17.6. The standard InChI is InChI=1S/C19H15ClN4O4/c1-12-9-17(24(27)28)22-23(12)11-18(25)21-16-8-7-14(20)10-15(16)19(26)13-5-3-2-4-6-13/h2-10H,11H2,1H3,(H,21,25). The van der Waals surface area contributed by atoms with Crippen molar-refractivity contribution in [2.75, 3.05) is 5.32 Å². The molecular formula is C19H15ClN4O4. The van der Waals surface area contributed by atoms with E-state index in [9.17, 15) is 19.7 Å². The number of aryl methyl sites for hydroxylation is 1. The Bertz CT molecular complexity index is 1060. The van der Waals surface area contributed by atoms with Crippen molar-refractivity contribution in [2.45, 2.75) is 13.5 Å². The number of nitro groups is 1. The van der Waals surface area contributed by atoms with Crippen LogP contribution in [0.2, 0.25) is 5.02 Å². The molecule has 0 aliphatic rings. The average molecular weight is 399 g/mol. The van der Waals surface area contributed by atoms with Crippen molar-refractivity contribution < 1.29 is 14.5 Å². The molecule has 0 saturated carbocycles. The lowest BCUT2D eigenvalue weighted by Gasteiger charge is -2.11. The van der Waals surface area contributed by atoms with E-state index in [4.69, 9.17) is 11.6 Å². The quantitative estimate of drug-likeness (QED) is 0.387. The third-order valence-electron chi connectivity index (χ3n) is 3.99. The molecule has 0 bridgehead atoms. The van der Waals surface area contributed by atoms with Crippen molar-refractivity contribution in [3.63, 3.8) is 0 Å². The number of hydrogen-bond donors (Lipinski definition) is 1. The maximum absolute atomic E-state index is 12.8. The van der Waals surface area contributed by atoms with Crippen LogP contribution in [0.15, 0.2) is 54.6 Å². The second-order valence-electron chi connectivity index (χ2n) is 5.99. The van der Waals surface area contributed by atoms with E-state index in [-0.39, 0.29) is 23.7 Å². The first-order chi connectivity index (χ1) is 13.3. The van der Waals surface area contributed by atoms with Crippen LogP contribution in [0.1, 0.15) is 21.6 Å². The lowest BCUT2D eigenvalue weighted by molar-refractivity contribution is -0.389. The van der Waals surface area contributed by atoms with Gasteiger partial charge in [0, 0.05) is 16.1 Å². The van der Waals surface area contributed by atoms with Gasteiger partial charge in [0.05, 0.1) is 22.5 Å². The topological polar surface area (TPSA) is 107 Å². The van der Waals surface area contributed by atoms with Gasteiger partial charge in [0.2, 0.25) is 5.91 Å². The van der Waals surface area contributed by atoms with Gasteiger partial charge in [-0.1, -0.05) is 41.9 Å². The SMILES string of the molecule is Cc1cc([N+](=O)[O-])nn1CC(=O)Nc1ccc(Cl)cc1C(=O)c1ccccc1. The number of nitrogens with one attached hydrogen (secondary N) is 1. The number of amides is 1. The van der Waals surface area contributed by atoms with E-state index in [0.717, 1.165) is 0 Å². The van der Waals surface area contributed by atoms with Gasteiger partial charge in [0.1, 0.15) is 6.54 Å². The van der Waals surface area contributed by atoms with Crippen LogP contribution in [0.5, 0.6) is 0 Å². The minimum atomic E-state index is -0.628. The third-order valence-corrected chi connectivity index (χ3v) is 4.22. The summed E-state index contributed by atoms with van der Waals surface area (Å²) in [6, 6.07) is 14.5. The van der Waals surface area contributed by atoms with Crippen molar-refractivity contribution in [2.24, 2.45) is 0 Å². The molecular weight excluding hydrogens is 384 g/mol. The zero-order valence-electron chi connectivity index (χ0n) is 14.8. The van der Waals surface area contributed by atoms with E-state index in [2.05, 4.69) is 10.4 Å². The first-order valence-electron chi connectivity index (χ1n) is 8.23. The van der Waals surface area contributed by atoms with Gasteiger partial charge in [-0.05, 0) is 30.0 Å². The molecule has 1 heterocycles. The highest BCUT2D eigenvalue weighted by molar-refractivity contribution is 6.31. The van der Waals surface area contributed by atoms with Gasteiger partial charge in [0.25, 0.3) is 0 Å². The molecule has 0 radical (unpaired) electrons. The monoisotopic (exact) mass is 398 g/mol. The summed E-state index contributed by atoms with van der Waals surface area (Å²) in [5.74, 6) is -1.11. The first-order valence-corrected chi connectivity index (χ1v) is 8.61. The van der Waals surface area contributed by atoms with Gasteiger partial charge < -0.3 is 15.4 Å². The summed E-state index contributed by atoms with van der Waals surface area (Å²) in [5.41, 5.74) is 1.47. The minimum Gasteiger partial charge on any atom is -0.358 e. The number of benzene rings is 2. The van der Waals surface area contributed by atoms with Crippen LogP contribution < -0.4 is 5.32 Å². The Kier molecular flexibility index (Phi) is 5.51. The fourth-order valence-electron chi connectivity index (χ4n) is 2.63. The Hall–Kier alpha value is -3.52. The van der Waals surface area contributed by atoms with Gasteiger partial charge in [0.15, 0.2) is 5.78 Å². The van der Waals surface area contributed by atoms with Crippen molar-refractivity contribution >= 4 is 34.8 Å². The molecule has 2 aromatic carbocycles. The number of anilines is 1. The molecule has 1 aromatic heterocycles. The predicted octanol–water partition coefficient (Wildman–Crippen LogP) is 3.62. The summed E-state index contributed by atoms with van der Waals surface area (Å²) in [7, 11) is 0. The number of ketones is 1. The highest BCUT2D eigenvalue weighted by Gasteiger charge is 2.20. The maximum Gasteiger partial charge on any atom is 0.390 e. The van der Waals surface area contributed by atoms with Gasteiger partial charge in [-0.15, -0.1) is 0 Å². The molecule has 0 atom stereocenters. The summed E-state index contributed by atoms with van der Waals surface area (Å²) >= 11 is 6.02. The Morgan fingerprint density at radius 1 is 1.18 bits per heavy atom. The summed E-state index contributed by atoms with van der Waals surface area (Å²) in [4.78, 5) is 35.4. The smallest absolute Gasteiger partial charge is 0.358 e. The first kappa shape index (κ1) is 19.2. The maximum atomic E-state index is 12.8. The minimum absolute atomic E-state index is 0.235. The summed E-state index contributed by atoms with van der Waals surface area (Å²) < 4.78 is 1.22. The van der Waals surface area contributed by atoms with Crippen LogP contribution in [0.25, 0.3) is 0 Å². The Balaban J connectivity index is 1.83. The van der Waals surface area contributed by atoms with Gasteiger partial charge in [-0.2, -0.15) is 4.68 Å². The largest absolute Gasteiger partial charge is 0.390 e. The van der Waals surface area contributed by atoms with Gasteiger partial charge >= 0.3 is 5.82 Å².